The van der Waals surface area contributed by atoms with E-state index >= 15 is 0 Å². The number of rotatable bonds is 5. The van der Waals surface area contributed by atoms with Crippen LogP contribution in [-0.2, 0) is 7.05 Å². The van der Waals surface area contributed by atoms with Gasteiger partial charge in [-0.1, -0.05) is 25.1 Å². The summed E-state index contributed by atoms with van der Waals surface area (Å²) in [4.78, 5) is 39.5. The first kappa shape index (κ1) is 22.3. The van der Waals surface area contributed by atoms with Crippen molar-refractivity contribution >= 4 is 23.0 Å². The Balaban J connectivity index is 1.72. The van der Waals surface area contributed by atoms with Gasteiger partial charge in [0, 0.05) is 32.3 Å². The van der Waals surface area contributed by atoms with Crippen molar-refractivity contribution in [3.8, 4) is 5.69 Å². The predicted octanol–water partition coefficient (Wildman–Crippen LogP) is 3.88. The molecule has 1 aromatic heterocycles. The Bertz CT molecular complexity index is 1250. The summed E-state index contributed by atoms with van der Waals surface area (Å²) < 4.78 is 3.15. The van der Waals surface area contributed by atoms with Gasteiger partial charge >= 0.3 is 0 Å². The Morgan fingerprint density at radius 2 is 1.79 bits per heavy atom. The summed E-state index contributed by atoms with van der Waals surface area (Å²) in [5.74, 6) is 0.0540. The molecule has 1 fully saturated rings. The van der Waals surface area contributed by atoms with E-state index in [0.717, 1.165) is 25.9 Å². The Kier molecular flexibility index (Phi) is 6.04. The number of anilines is 2. The molecule has 0 unspecified atom stereocenters. The molecule has 172 valence electrons. The number of para-hydroxylation sites is 1. The van der Waals surface area contributed by atoms with Gasteiger partial charge in [0.2, 0.25) is 0 Å². The molecule has 33 heavy (non-hydrogen) atoms. The molecule has 9 heteroatoms. The Morgan fingerprint density at radius 3 is 2.42 bits per heavy atom. The van der Waals surface area contributed by atoms with E-state index in [1.54, 1.807) is 24.7 Å². The maximum absolute atomic E-state index is 13.4. The standard InChI is InChI=1S/C24H27N5O4/c1-16-11-13-27(14-12-16)21-10-9-19(29(32)33)15-20(21)23(30)25-22-17(2)26(3)28(24(22)31)18-7-5-4-6-8-18/h4-10,15-16H,11-14H2,1-3H3,(H,25,30). The first-order valence-corrected chi connectivity index (χ1v) is 11.0. The van der Waals surface area contributed by atoms with Crippen molar-refractivity contribution in [2.24, 2.45) is 13.0 Å². The fraction of sp³-hybridized carbons (Fsp3) is 0.333. The highest BCUT2D eigenvalue weighted by molar-refractivity contribution is 6.08. The van der Waals surface area contributed by atoms with Gasteiger partial charge in [0.25, 0.3) is 17.2 Å². The highest BCUT2D eigenvalue weighted by Crippen LogP contribution is 2.30. The van der Waals surface area contributed by atoms with E-state index in [9.17, 15) is 19.7 Å². The largest absolute Gasteiger partial charge is 0.371 e. The molecule has 1 aliphatic rings. The maximum Gasteiger partial charge on any atom is 0.295 e. The monoisotopic (exact) mass is 449 g/mol. The third-order valence-corrected chi connectivity index (χ3v) is 6.35. The number of hydrogen-bond acceptors (Lipinski definition) is 5. The average molecular weight is 450 g/mol. The minimum absolute atomic E-state index is 0.149. The highest BCUT2D eigenvalue weighted by atomic mass is 16.6. The lowest BCUT2D eigenvalue weighted by molar-refractivity contribution is -0.384. The van der Waals surface area contributed by atoms with E-state index in [4.69, 9.17) is 0 Å². The van der Waals surface area contributed by atoms with Crippen LogP contribution < -0.4 is 15.8 Å². The van der Waals surface area contributed by atoms with Gasteiger partial charge < -0.3 is 10.2 Å². The summed E-state index contributed by atoms with van der Waals surface area (Å²) in [5.41, 5.74) is 1.70. The second kappa shape index (κ2) is 8.93. The second-order valence-corrected chi connectivity index (χ2v) is 8.52. The number of carbonyl (C=O) groups excluding carboxylic acids is 1. The van der Waals surface area contributed by atoms with Crippen molar-refractivity contribution in [3.63, 3.8) is 0 Å². The zero-order valence-electron chi connectivity index (χ0n) is 18.9. The van der Waals surface area contributed by atoms with Crippen molar-refractivity contribution in [3.05, 3.63) is 80.3 Å². The van der Waals surface area contributed by atoms with E-state index in [1.807, 2.05) is 30.3 Å². The van der Waals surface area contributed by atoms with Gasteiger partial charge in [0.1, 0.15) is 5.69 Å². The van der Waals surface area contributed by atoms with Crippen LogP contribution >= 0.6 is 0 Å². The van der Waals surface area contributed by atoms with Gasteiger partial charge in [-0.3, -0.25) is 24.4 Å². The lowest BCUT2D eigenvalue weighted by atomic mass is 9.98. The highest BCUT2D eigenvalue weighted by Gasteiger charge is 2.25. The maximum atomic E-state index is 13.4. The number of hydrogen-bond donors (Lipinski definition) is 1. The minimum atomic E-state index is -0.543. The van der Waals surface area contributed by atoms with Gasteiger partial charge in [-0.25, -0.2) is 4.68 Å². The normalized spacial score (nSPS) is 14.3. The number of aromatic nitrogens is 2. The van der Waals surface area contributed by atoms with Gasteiger partial charge in [0.05, 0.1) is 27.6 Å². The number of benzene rings is 2. The summed E-state index contributed by atoms with van der Waals surface area (Å²) in [5, 5.41) is 14.1. The Labute approximate surface area is 191 Å². The smallest absolute Gasteiger partial charge is 0.295 e. The molecule has 1 amide bonds. The van der Waals surface area contributed by atoms with E-state index in [2.05, 4.69) is 17.1 Å². The van der Waals surface area contributed by atoms with Crippen LogP contribution in [0, 0.1) is 23.0 Å². The number of piperidine rings is 1. The second-order valence-electron chi connectivity index (χ2n) is 8.52. The SMILES string of the molecule is Cc1c(NC(=O)c2cc([N+](=O)[O-])ccc2N2CCC(C)CC2)c(=O)n(-c2ccccc2)n1C. The van der Waals surface area contributed by atoms with Gasteiger partial charge in [-0.05, 0) is 43.9 Å². The molecule has 1 N–H and O–H groups in total. The van der Waals surface area contributed by atoms with Crippen LogP contribution in [0.15, 0.2) is 53.3 Å². The number of non-ortho nitro benzene ring substituents is 1. The number of amides is 1. The average Bonchev–Trinajstić information content (AvgIpc) is 3.02. The van der Waals surface area contributed by atoms with Crippen LogP contribution in [0.3, 0.4) is 0 Å². The van der Waals surface area contributed by atoms with E-state index in [0.29, 0.717) is 23.0 Å². The topological polar surface area (TPSA) is 102 Å². The molecule has 0 radical (unpaired) electrons. The molecular weight excluding hydrogens is 422 g/mol. The van der Waals surface area contributed by atoms with Gasteiger partial charge in [-0.15, -0.1) is 0 Å². The Hall–Kier alpha value is -3.88. The van der Waals surface area contributed by atoms with E-state index < -0.39 is 10.8 Å². The van der Waals surface area contributed by atoms with E-state index in [-0.39, 0.29) is 22.5 Å². The molecule has 0 saturated carbocycles. The molecule has 2 heterocycles. The van der Waals surface area contributed by atoms with Crippen molar-refractivity contribution in [1.82, 2.24) is 9.36 Å². The van der Waals surface area contributed by atoms with Crippen molar-refractivity contribution < 1.29 is 9.72 Å². The quantitative estimate of drug-likeness (QED) is 0.470. The van der Waals surface area contributed by atoms with Crippen LogP contribution in [0.25, 0.3) is 5.69 Å². The third kappa shape index (κ3) is 4.26. The number of carbonyl (C=O) groups is 1. The molecule has 0 aliphatic carbocycles. The number of nitrogens with zero attached hydrogens (tertiary/aromatic N) is 4. The fourth-order valence-electron chi connectivity index (χ4n) is 4.24. The van der Waals surface area contributed by atoms with Gasteiger partial charge in [0.15, 0.2) is 0 Å². The van der Waals surface area contributed by atoms with E-state index in [1.165, 1.54) is 16.8 Å². The zero-order chi connectivity index (χ0) is 23.7. The summed E-state index contributed by atoms with van der Waals surface area (Å²) in [6.45, 7) is 5.47. The van der Waals surface area contributed by atoms with Crippen LogP contribution in [0.2, 0.25) is 0 Å². The lowest BCUT2D eigenvalue weighted by Gasteiger charge is -2.33. The summed E-state index contributed by atoms with van der Waals surface area (Å²) in [6.07, 6.45) is 1.97. The number of nitro benzene ring substituents is 1. The Morgan fingerprint density at radius 1 is 1.12 bits per heavy atom. The fourth-order valence-corrected chi connectivity index (χ4v) is 4.24. The molecule has 2 aromatic carbocycles. The molecule has 0 spiro atoms. The van der Waals surface area contributed by atoms with Crippen molar-refractivity contribution in [2.75, 3.05) is 23.3 Å². The molecule has 1 saturated heterocycles. The predicted molar refractivity (Wildman–Crippen MR) is 127 cm³/mol. The summed E-state index contributed by atoms with van der Waals surface area (Å²) >= 11 is 0. The molecule has 1 aliphatic heterocycles. The molecule has 0 atom stereocenters. The first-order chi connectivity index (χ1) is 15.8. The first-order valence-electron chi connectivity index (χ1n) is 11.0. The van der Waals surface area contributed by atoms with Gasteiger partial charge in [-0.2, -0.15) is 0 Å². The number of nitrogens with one attached hydrogen (secondary N) is 1. The third-order valence-electron chi connectivity index (χ3n) is 6.35. The van der Waals surface area contributed by atoms with Crippen LogP contribution in [0.4, 0.5) is 17.1 Å². The summed E-state index contributed by atoms with van der Waals surface area (Å²) in [7, 11) is 1.74. The molecule has 0 bridgehead atoms. The van der Waals surface area contributed by atoms with Crippen LogP contribution in [-0.4, -0.2) is 33.3 Å². The lowest BCUT2D eigenvalue weighted by Crippen LogP contribution is -2.34. The van der Waals surface area contributed by atoms with Crippen molar-refractivity contribution in [1.29, 1.82) is 0 Å². The van der Waals surface area contributed by atoms with Crippen molar-refractivity contribution in [2.45, 2.75) is 26.7 Å². The van der Waals surface area contributed by atoms with Crippen LogP contribution in [0.1, 0.15) is 35.8 Å². The minimum Gasteiger partial charge on any atom is -0.371 e. The number of nitro groups is 1. The molecular formula is C24H27N5O4. The van der Waals surface area contributed by atoms with Crippen LogP contribution in [0.5, 0.6) is 0 Å². The molecule has 3 aromatic rings. The molecule has 9 nitrogen and oxygen atoms in total. The molecule has 4 rings (SSSR count). The zero-order valence-corrected chi connectivity index (χ0v) is 18.9. The summed E-state index contributed by atoms with van der Waals surface area (Å²) in [6, 6.07) is 13.5.